The first-order chi connectivity index (χ1) is 20.0. The van der Waals surface area contributed by atoms with Crippen molar-refractivity contribution in [1.29, 1.82) is 0 Å². The van der Waals surface area contributed by atoms with E-state index in [1.54, 1.807) is 98.1 Å². The van der Waals surface area contributed by atoms with E-state index in [0.717, 1.165) is 0 Å². The Bertz CT molecular complexity index is 1410. The number of hydrogen-bond donors (Lipinski definition) is 0. The lowest BCUT2D eigenvalue weighted by Gasteiger charge is -2.30. The zero-order valence-electron chi connectivity index (χ0n) is 22.2. The van der Waals surface area contributed by atoms with Gasteiger partial charge in [0.15, 0.2) is 0 Å². The van der Waals surface area contributed by atoms with E-state index in [9.17, 15) is 0 Å². The number of benzene rings is 1. The maximum absolute atomic E-state index is 6.48. The highest BCUT2D eigenvalue weighted by molar-refractivity contribution is 7.43. The quantitative estimate of drug-likeness (QED) is 0.127. The van der Waals surface area contributed by atoms with Gasteiger partial charge in [-0.15, -0.1) is 0 Å². The lowest BCUT2D eigenvalue weighted by Crippen LogP contribution is -2.22. The van der Waals surface area contributed by atoms with Gasteiger partial charge in [-0.25, -0.2) is 0 Å². The number of aromatic nitrogens is 4. The molecule has 0 saturated carbocycles. The molecule has 0 aliphatic carbocycles. The first kappa shape index (κ1) is 28.2. The van der Waals surface area contributed by atoms with E-state index in [4.69, 9.17) is 27.1 Å². The van der Waals surface area contributed by atoms with Crippen LogP contribution in [0.4, 0.5) is 0 Å². The number of para-hydroxylation sites is 1. The summed E-state index contributed by atoms with van der Waals surface area (Å²) in [4.78, 5) is 16.5. The monoisotopic (exact) mass is 588 g/mol. The molecule has 208 valence electrons. The number of nitrogens with zero attached hydrogens (tertiary/aromatic N) is 4. The predicted octanol–water partition coefficient (Wildman–Crippen LogP) is 7.67. The molecule has 5 rings (SSSR count). The molecule has 4 aromatic heterocycles. The van der Waals surface area contributed by atoms with Crippen LogP contribution in [0.15, 0.2) is 122 Å². The van der Waals surface area contributed by atoms with Crippen molar-refractivity contribution in [2.24, 2.45) is 0 Å². The summed E-state index contributed by atoms with van der Waals surface area (Å²) >= 11 is 0. The smallest absolute Gasteiger partial charge is 0.416 e. The van der Waals surface area contributed by atoms with Gasteiger partial charge in [0.2, 0.25) is 0 Å². The van der Waals surface area contributed by atoms with E-state index >= 15 is 0 Å². The zero-order chi connectivity index (χ0) is 28.3. The molecule has 0 saturated heterocycles. The minimum atomic E-state index is -1.96. The minimum Gasteiger partial charge on any atom is -0.416 e. The molecule has 0 bridgehead atoms. The van der Waals surface area contributed by atoms with Crippen LogP contribution in [0.2, 0.25) is 0 Å². The van der Waals surface area contributed by atoms with Crippen molar-refractivity contribution >= 4 is 17.2 Å². The van der Waals surface area contributed by atoms with Gasteiger partial charge in [-0.2, -0.15) is 0 Å². The predicted molar refractivity (Wildman–Crippen MR) is 154 cm³/mol. The molecule has 0 atom stereocenters. The molecule has 0 amide bonds. The van der Waals surface area contributed by atoms with Gasteiger partial charge in [-0.3, -0.25) is 24.5 Å². The molecule has 0 aliphatic heterocycles. The maximum Gasteiger partial charge on any atom is 0.530 e. The van der Waals surface area contributed by atoms with Gasteiger partial charge >= 0.3 is 17.2 Å². The Labute approximate surface area is 240 Å². The average molecular weight is 588 g/mol. The van der Waals surface area contributed by atoms with Crippen molar-refractivity contribution in [2.45, 2.75) is 19.4 Å². The van der Waals surface area contributed by atoms with Crippen molar-refractivity contribution in [1.82, 2.24) is 19.9 Å². The summed E-state index contributed by atoms with van der Waals surface area (Å²) in [7, 11) is -3.91. The second kappa shape index (κ2) is 13.8. The van der Waals surface area contributed by atoms with Gasteiger partial charge in [0.1, 0.15) is 34.3 Å². The Balaban J connectivity index is 1.40. The third-order valence-corrected chi connectivity index (χ3v) is 7.66. The van der Waals surface area contributed by atoms with Crippen LogP contribution in [0.1, 0.15) is 19.4 Å². The second-order valence-corrected chi connectivity index (χ2v) is 10.7. The van der Waals surface area contributed by atoms with Crippen LogP contribution in [-0.2, 0) is 10.1 Å². The molecule has 5 aromatic rings. The third-order valence-electron chi connectivity index (χ3n) is 5.27. The Morgan fingerprint density at radius 1 is 0.488 bits per heavy atom. The van der Waals surface area contributed by atoms with E-state index < -0.39 is 22.8 Å². The van der Waals surface area contributed by atoms with Crippen LogP contribution >= 0.6 is 17.2 Å². The van der Waals surface area contributed by atoms with Crippen LogP contribution in [0, 0.1) is 0 Å². The summed E-state index contributed by atoms with van der Waals surface area (Å²) in [6.07, 6.45) is 13.0. The number of rotatable bonds is 13. The fourth-order valence-electron chi connectivity index (χ4n) is 3.42. The van der Waals surface area contributed by atoms with E-state index in [0.29, 0.717) is 34.3 Å². The van der Waals surface area contributed by atoms with Gasteiger partial charge in [0.25, 0.3) is 0 Å². The summed E-state index contributed by atoms with van der Waals surface area (Å²) in [5.74, 6) is 2.49. The molecule has 0 aliphatic rings. The minimum absolute atomic E-state index is 0.494. The van der Waals surface area contributed by atoms with E-state index in [2.05, 4.69) is 19.9 Å². The topological polar surface area (TPSA) is 107 Å². The van der Waals surface area contributed by atoms with Crippen molar-refractivity contribution < 1.29 is 27.1 Å². The van der Waals surface area contributed by atoms with Crippen LogP contribution in [0.3, 0.4) is 0 Å². The molecule has 0 N–H and O–H groups in total. The molecule has 4 heterocycles. The number of pyridine rings is 4. The molecule has 0 fully saturated rings. The fraction of sp³-hybridized carbons (Fsp3) is 0.103. The molecule has 41 heavy (non-hydrogen) atoms. The molecular formula is C29H26N4O6P2. The van der Waals surface area contributed by atoms with Crippen molar-refractivity contribution in [3.63, 3.8) is 0 Å². The summed E-state index contributed by atoms with van der Waals surface area (Å²) in [6, 6.07) is 21.7. The van der Waals surface area contributed by atoms with Crippen LogP contribution in [0.25, 0.3) is 0 Å². The first-order valence-electron chi connectivity index (χ1n) is 12.4. The lowest BCUT2D eigenvalue weighted by atomic mass is 9.98. The van der Waals surface area contributed by atoms with E-state index in [-0.39, 0.29) is 0 Å². The largest absolute Gasteiger partial charge is 0.530 e. The highest BCUT2D eigenvalue weighted by atomic mass is 31.2. The van der Waals surface area contributed by atoms with Crippen molar-refractivity contribution in [3.8, 4) is 28.7 Å². The third kappa shape index (κ3) is 8.32. The summed E-state index contributed by atoms with van der Waals surface area (Å²) < 4.78 is 37.1. The van der Waals surface area contributed by atoms with Crippen molar-refractivity contribution in [3.05, 3.63) is 128 Å². The first-order valence-corrected chi connectivity index (χ1v) is 14.6. The van der Waals surface area contributed by atoms with Gasteiger partial charge in [-0.1, -0.05) is 18.2 Å². The summed E-state index contributed by atoms with van der Waals surface area (Å²) in [5.41, 5.74) is -0.231. The van der Waals surface area contributed by atoms with Crippen LogP contribution < -0.4 is 22.6 Å². The summed E-state index contributed by atoms with van der Waals surface area (Å²) in [6.45, 7) is 3.80. The Morgan fingerprint density at radius 2 is 0.902 bits per heavy atom. The molecule has 1 aromatic carbocycles. The van der Waals surface area contributed by atoms with Gasteiger partial charge in [0.05, 0.1) is 24.8 Å². The van der Waals surface area contributed by atoms with E-state index in [1.807, 2.05) is 38.1 Å². The van der Waals surface area contributed by atoms with Crippen LogP contribution in [-0.4, -0.2) is 19.9 Å². The average Bonchev–Trinajstić information content (AvgIpc) is 2.99. The normalized spacial score (nSPS) is 11.2. The van der Waals surface area contributed by atoms with Gasteiger partial charge in [0, 0.05) is 30.4 Å². The molecular weight excluding hydrogens is 562 g/mol. The zero-order valence-corrected chi connectivity index (χ0v) is 24.0. The molecule has 0 radical (unpaired) electrons. The molecule has 12 heteroatoms. The van der Waals surface area contributed by atoms with Crippen molar-refractivity contribution in [2.75, 3.05) is 0 Å². The molecule has 0 spiro atoms. The maximum atomic E-state index is 6.48. The lowest BCUT2D eigenvalue weighted by molar-refractivity contribution is 0.0924. The SMILES string of the molecule is CC(C)(OP(Oc1cccnc1)Oc1cccnc1)c1ccccc1OP(Oc1cccnc1)Oc1cccnc1. The fourth-order valence-corrected chi connectivity index (χ4v) is 5.55. The Kier molecular flexibility index (Phi) is 9.49. The van der Waals surface area contributed by atoms with E-state index in [1.165, 1.54) is 0 Å². The number of hydrogen-bond acceptors (Lipinski definition) is 10. The summed E-state index contributed by atoms with van der Waals surface area (Å²) in [5, 5.41) is 0. The standard InChI is InChI=1S/C29H26N4O6P2/c1-29(2,39-41(36-25-11-7-17-32-21-25)37-26-12-8-18-33-22-26)27-13-3-4-14-28(27)38-40(34-23-9-5-15-30-19-23)35-24-10-6-16-31-20-24/h3-22H,1-2H3. The van der Waals surface area contributed by atoms with Crippen LogP contribution in [0.5, 0.6) is 28.7 Å². The molecule has 0 unspecified atom stereocenters. The Morgan fingerprint density at radius 3 is 1.32 bits per heavy atom. The van der Waals surface area contributed by atoms with Gasteiger partial charge in [-0.05, 0) is 68.4 Å². The highest BCUT2D eigenvalue weighted by Gasteiger charge is 2.34. The highest BCUT2D eigenvalue weighted by Crippen LogP contribution is 2.50. The Hall–Kier alpha value is -4.36. The second-order valence-electron chi connectivity index (χ2n) is 8.76. The molecule has 10 nitrogen and oxygen atoms in total. The van der Waals surface area contributed by atoms with Gasteiger partial charge < -0.3 is 22.6 Å².